The fourth-order valence-corrected chi connectivity index (χ4v) is 3.33. The number of para-hydroxylation sites is 1. The molecule has 1 unspecified atom stereocenters. The Kier molecular flexibility index (Phi) is 7.66. The molecule has 0 heterocycles. The monoisotopic (exact) mass is 445 g/mol. The third kappa shape index (κ3) is 5.66. The fourth-order valence-electron chi connectivity index (χ4n) is 3.33. The third-order valence-corrected chi connectivity index (χ3v) is 4.94. The number of nitrogens with zero attached hydrogens (tertiary/aromatic N) is 1. The topological polar surface area (TPSA) is 125 Å². The number of benzene rings is 1. The van der Waals surface area contributed by atoms with Gasteiger partial charge in [-0.05, 0) is 51.7 Å². The minimum atomic E-state index is -0.678. The van der Waals surface area contributed by atoms with Crippen LogP contribution >= 0.6 is 0 Å². The Hall–Kier alpha value is -3.36. The van der Waals surface area contributed by atoms with E-state index in [1.807, 2.05) is 6.92 Å². The number of nitrogens with one attached hydrogen (secondary N) is 2. The highest BCUT2D eigenvalue weighted by Crippen LogP contribution is 2.33. The number of alkyl carbamates (subject to hydrolysis) is 1. The zero-order valence-electron chi connectivity index (χ0n) is 19.4. The van der Waals surface area contributed by atoms with Crippen LogP contribution in [0.25, 0.3) is 0 Å². The summed E-state index contributed by atoms with van der Waals surface area (Å²) in [6, 6.07) is 4.57. The minimum Gasteiger partial charge on any atom is -0.505 e. The van der Waals surface area contributed by atoms with E-state index in [9.17, 15) is 24.3 Å². The molecule has 1 atom stereocenters. The summed E-state index contributed by atoms with van der Waals surface area (Å²) in [6.45, 7) is 7.44. The van der Waals surface area contributed by atoms with E-state index in [0.717, 1.165) is 0 Å². The molecule has 32 heavy (non-hydrogen) atoms. The van der Waals surface area contributed by atoms with Gasteiger partial charge in [0.05, 0.1) is 16.9 Å². The molecule has 0 fully saturated rings. The predicted octanol–water partition coefficient (Wildman–Crippen LogP) is 2.84. The second-order valence-corrected chi connectivity index (χ2v) is 8.80. The molecule has 2 rings (SSSR count). The van der Waals surface area contributed by atoms with Crippen LogP contribution in [-0.4, -0.2) is 48.2 Å². The van der Waals surface area contributed by atoms with Crippen molar-refractivity contribution in [1.29, 1.82) is 0 Å². The summed E-state index contributed by atoms with van der Waals surface area (Å²) in [5, 5.41) is 16.0. The highest BCUT2D eigenvalue weighted by atomic mass is 16.6. The molecule has 0 aromatic heterocycles. The van der Waals surface area contributed by atoms with Gasteiger partial charge in [0.1, 0.15) is 5.60 Å². The molecule has 2 aromatic rings. The summed E-state index contributed by atoms with van der Waals surface area (Å²) >= 11 is 0. The molecule has 0 radical (unpaired) electrons. The SMILES string of the molecule is CCC(CCNC(=O)OC(C)(C)C)c1c(Nc2cccc(C(=O)N(C)C)c2O)c(=O)c1=O. The quantitative estimate of drug-likeness (QED) is 0.421. The van der Waals surface area contributed by atoms with E-state index in [-0.39, 0.29) is 35.2 Å². The van der Waals surface area contributed by atoms with E-state index < -0.39 is 28.5 Å². The molecular weight excluding hydrogens is 414 g/mol. The number of hydrogen-bond donors (Lipinski definition) is 3. The standard InChI is InChI=1S/C23H31N3O6/c1-7-13(11-12-24-22(31)32-23(2,3)4)16-17(20(29)19(16)28)25-15-10-8-9-14(18(15)27)21(30)26(5)6/h8-10,13,25,27H,7,11-12H2,1-6H3,(H,24,31). The van der Waals surface area contributed by atoms with E-state index in [2.05, 4.69) is 10.6 Å². The Morgan fingerprint density at radius 1 is 1.16 bits per heavy atom. The maximum atomic E-state index is 12.3. The molecule has 2 amide bonds. The van der Waals surface area contributed by atoms with Gasteiger partial charge in [0.2, 0.25) is 10.9 Å². The Labute approximate surface area is 187 Å². The predicted molar refractivity (Wildman–Crippen MR) is 123 cm³/mol. The zero-order chi connectivity index (χ0) is 24.2. The van der Waals surface area contributed by atoms with Gasteiger partial charge in [-0.1, -0.05) is 13.0 Å². The second kappa shape index (κ2) is 9.84. The molecule has 0 saturated carbocycles. The van der Waals surface area contributed by atoms with E-state index in [1.165, 1.54) is 17.0 Å². The van der Waals surface area contributed by atoms with Crippen molar-refractivity contribution in [3.63, 3.8) is 0 Å². The molecule has 0 bridgehead atoms. The smallest absolute Gasteiger partial charge is 0.407 e. The zero-order valence-corrected chi connectivity index (χ0v) is 19.4. The van der Waals surface area contributed by atoms with Gasteiger partial charge in [-0.15, -0.1) is 0 Å². The Bertz CT molecular complexity index is 1060. The average Bonchev–Trinajstić information content (AvgIpc) is 2.70. The van der Waals surface area contributed by atoms with Crippen LogP contribution in [0.3, 0.4) is 0 Å². The van der Waals surface area contributed by atoms with E-state index in [1.54, 1.807) is 40.9 Å². The molecule has 9 heteroatoms. The summed E-state index contributed by atoms with van der Waals surface area (Å²) in [5.74, 6) is -0.966. The maximum Gasteiger partial charge on any atom is 0.407 e. The van der Waals surface area contributed by atoms with E-state index in [4.69, 9.17) is 4.74 Å². The summed E-state index contributed by atoms with van der Waals surface area (Å²) in [7, 11) is 3.13. The molecule has 0 aliphatic rings. The summed E-state index contributed by atoms with van der Waals surface area (Å²) in [4.78, 5) is 50.0. The van der Waals surface area contributed by atoms with Crippen molar-refractivity contribution in [2.45, 2.75) is 52.1 Å². The second-order valence-electron chi connectivity index (χ2n) is 8.80. The average molecular weight is 446 g/mol. The first kappa shape index (κ1) is 24.9. The molecule has 3 N–H and O–H groups in total. The maximum absolute atomic E-state index is 12.3. The van der Waals surface area contributed by atoms with Crippen LogP contribution in [0.1, 0.15) is 62.4 Å². The van der Waals surface area contributed by atoms with Crippen molar-refractivity contribution in [3.8, 4) is 5.75 Å². The first-order chi connectivity index (χ1) is 14.9. The number of aromatic hydroxyl groups is 1. The number of hydrogen-bond acceptors (Lipinski definition) is 7. The van der Waals surface area contributed by atoms with Crippen LogP contribution in [0.2, 0.25) is 0 Å². The third-order valence-electron chi connectivity index (χ3n) is 4.94. The number of carbonyl (C=O) groups is 2. The molecule has 174 valence electrons. The van der Waals surface area contributed by atoms with Crippen LogP contribution in [0.15, 0.2) is 27.8 Å². The molecule has 0 spiro atoms. The number of anilines is 2. The van der Waals surface area contributed by atoms with Gasteiger partial charge < -0.3 is 25.4 Å². The molecule has 0 aliphatic heterocycles. The van der Waals surface area contributed by atoms with E-state index >= 15 is 0 Å². The van der Waals surface area contributed by atoms with Gasteiger partial charge in [-0.2, -0.15) is 0 Å². The molecule has 0 aliphatic carbocycles. The van der Waals surface area contributed by atoms with Gasteiger partial charge in [0.25, 0.3) is 5.91 Å². The lowest BCUT2D eigenvalue weighted by Gasteiger charge is -2.23. The van der Waals surface area contributed by atoms with Gasteiger partial charge in [-0.3, -0.25) is 14.4 Å². The number of carbonyl (C=O) groups excluding carboxylic acids is 2. The van der Waals surface area contributed by atoms with Crippen LogP contribution in [0.4, 0.5) is 16.2 Å². The molecule has 0 saturated heterocycles. The molecule has 2 aromatic carbocycles. The Balaban J connectivity index is 2.19. The fraction of sp³-hybridized carbons (Fsp3) is 0.478. The lowest BCUT2D eigenvalue weighted by molar-refractivity contribution is 0.0526. The van der Waals surface area contributed by atoms with Crippen LogP contribution < -0.4 is 21.5 Å². The van der Waals surface area contributed by atoms with Gasteiger partial charge in [-0.25, -0.2) is 4.79 Å². The lowest BCUT2D eigenvalue weighted by Crippen LogP contribution is -2.40. The number of phenols is 1. The number of rotatable bonds is 8. The van der Waals surface area contributed by atoms with Gasteiger partial charge in [0, 0.05) is 26.2 Å². The van der Waals surface area contributed by atoms with Gasteiger partial charge in [0.15, 0.2) is 5.75 Å². The lowest BCUT2D eigenvalue weighted by atomic mass is 9.88. The van der Waals surface area contributed by atoms with Crippen molar-refractivity contribution in [2.24, 2.45) is 0 Å². The van der Waals surface area contributed by atoms with Crippen molar-refractivity contribution in [3.05, 3.63) is 49.8 Å². The first-order valence-corrected chi connectivity index (χ1v) is 10.5. The van der Waals surface area contributed by atoms with Crippen molar-refractivity contribution < 1.29 is 19.4 Å². The largest absolute Gasteiger partial charge is 0.505 e. The number of ether oxygens (including phenoxy) is 1. The summed E-state index contributed by atoms with van der Waals surface area (Å²) in [5.41, 5.74) is -1.22. The summed E-state index contributed by atoms with van der Waals surface area (Å²) in [6.07, 6.45) is 0.448. The highest BCUT2D eigenvalue weighted by molar-refractivity contribution is 5.98. The van der Waals surface area contributed by atoms with E-state index in [0.29, 0.717) is 18.4 Å². The number of amides is 2. The number of phenolic OH excluding ortho intramolecular Hbond substituents is 1. The minimum absolute atomic E-state index is 0.0776. The summed E-state index contributed by atoms with van der Waals surface area (Å²) < 4.78 is 5.20. The highest BCUT2D eigenvalue weighted by Gasteiger charge is 2.28. The molecular formula is C23H31N3O6. The van der Waals surface area contributed by atoms with Crippen molar-refractivity contribution >= 4 is 23.4 Å². The van der Waals surface area contributed by atoms with Crippen LogP contribution in [0.5, 0.6) is 5.75 Å². The first-order valence-electron chi connectivity index (χ1n) is 10.5. The molecule has 9 nitrogen and oxygen atoms in total. The Morgan fingerprint density at radius 2 is 1.81 bits per heavy atom. The van der Waals surface area contributed by atoms with Crippen LogP contribution in [-0.2, 0) is 4.74 Å². The van der Waals surface area contributed by atoms with Crippen molar-refractivity contribution in [2.75, 3.05) is 26.0 Å². The van der Waals surface area contributed by atoms with Crippen LogP contribution in [0, 0.1) is 0 Å². The van der Waals surface area contributed by atoms with Crippen molar-refractivity contribution in [1.82, 2.24) is 10.2 Å². The normalized spacial score (nSPS) is 12.3. The van der Waals surface area contributed by atoms with Gasteiger partial charge >= 0.3 is 6.09 Å². The Morgan fingerprint density at radius 3 is 2.38 bits per heavy atom.